The summed E-state index contributed by atoms with van der Waals surface area (Å²) in [5, 5.41) is 0. The molecule has 2 N–H and O–H groups in total. The zero-order valence-corrected chi connectivity index (χ0v) is 12.9. The highest BCUT2D eigenvalue weighted by Crippen LogP contribution is 2.33. The van der Waals surface area contributed by atoms with Gasteiger partial charge in [-0.15, -0.1) is 0 Å². The molecule has 0 radical (unpaired) electrons. The van der Waals surface area contributed by atoms with Gasteiger partial charge in [-0.1, -0.05) is 13.8 Å². The van der Waals surface area contributed by atoms with Crippen LogP contribution in [0.3, 0.4) is 0 Å². The molecule has 108 valence electrons. The maximum absolute atomic E-state index is 11.7. The molecule has 0 spiro atoms. The molecule has 0 aliphatic rings. The number of anilines is 1. The molecule has 0 unspecified atom stereocenters. The molecule has 0 saturated carbocycles. The van der Waals surface area contributed by atoms with Crippen molar-refractivity contribution < 1.29 is 9.53 Å². The molecule has 0 aliphatic carbocycles. The Morgan fingerprint density at radius 3 is 2.58 bits per heavy atom. The first-order chi connectivity index (χ1) is 9.03. The van der Waals surface area contributed by atoms with Gasteiger partial charge in [0.05, 0.1) is 12.9 Å². The summed E-state index contributed by atoms with van der Waals surface area (Å²) in [6.45, 7) is 7.17. The normalized spacial score (nSPS) is 11.6. The first kappa shape index (κ1) is 15.9. The molecule has 1 aromatic heterocycles. The second-order valence-corrected chi connectivity index (χ2v) is 5.70. The molecule has 0 bridgehead atoms. The Balaban J connectivity index is 2.95. The number of carbonyl (C=O) groups is 1. The van der Waals surface area contributed by atoms with Crippen molar-refractivity contribution in [3.05, 3.63) is 12.0 Å². The Bertz CT molecular complexity index is 419. The van der Waals surface area contributed by atoms with E-state index in [0.717, 1.165) is 19.4 Å². The molecule has 1 heterocycles. The zero-order chi connectivity index (χ0) is 14.5. The molecule has 5 nitrogen and oxygen atoms in total. The van der Waals surface area contributed by atoms with Crippen molar-refractivity contribution in [1.82, 2.24) is 9.55 Å². The van der Waals surface area contributed by atoms with Gasteiger partial charge in [0.15, 0.2) is 5.69 Å². The summed E-state index contributed by atoms with van der Waals surface area (Å²) >= 11 is 1.83. The minimum absolute atomic E-state index is 0.126. The van der Waals surface area contributed by atoms with Gasteiger partial charge in [0, 0.05) is 11.3 Å². The van der Waals surface area contributed by atoms with Crippen LogP contribution in [0.25, 0.3) is 0 Å². The standard InChI is InChI=1S/C13H23N3O2S/c1-5-13(6-2,19-4)8-16-9-15-10(11(16)14)12(17)18-7-3/h9H,5-8,14H2,1-4H3. The third-order valence-corrected chi connectivity index (χ3v) is 5.10. The first-order valence-electron chi connectivity index (χ1n) is 6.56. The highest BCUT2D eigenvalue weighted by atomic mass is 32.2. The summed E-state index contributed by atoms with van der Waals surface area (Å²) in [5.74, 6) is -0.0692. The number of nitrogen functional groups attached to an aromatic ring is 1. The molecule has 0 fully saturated rings. The smallest absolute Gasteiger partial charge is 0.360 e. The predicted molar refractivity (Wildman–Crippen MR) is 79.4 cm³/mol. The van der Waals surface area contributed by atoms with Gasteiger partial charge < -0.3 is 15.0 Å². The van der Waals surface area contributed by atoms with Crippen LogP contribution in [0.2, 0.25) is 0 Å². The molecule has 1 aromatic rings. The minimum atomic E-state index is -0.457. The van der Waals surface area contributed by atoms with Crippen molar-refractivity contribution in [2.24, 2.45) is 0 Å². The van der Waals surface area contributed by atoms with Gasteiger partial charge in [-0.2, -0.15) is 11.8 Å². The van der Waals surface area contributed by atoms with Crippen LogP contribution in [0.15, 0.2) is 6.33 Å². The monoisotopic (exact) mass is 285 g/mol. The fourth-order valence-corrected chi connectivity index (χ4v) is 2.86. The first-order valence-corrected chi connectivity index (χ1v) is 7.78. The summed E-state index contributed by atoms with van der Waals surface area (Å²) in [4.78, 5) is 15.7. The lowest BCUT2D eigenvalue weighted by Crippen LogP contribution is -2.29. The number of rotatable bonds is 7. The highest BCUT2D eigenvalue weighted by molar-refractivity contribution is 8.00. The molecule has 0 aliphatic heterocycles. The van der Waals surface area contributed by atoms with Crippen LogP contribution in [0.5, 0.6) is 0 Å². The average Bonchev–Trinajstić information content (AvgIpc) is 2.78. The van der Waals surface area contributed by atoms with E-state index in [2.05, 4.69) is 25.1 Å². The van der Waals surface area contributed by atoms with Gasteiger partial charge in [0.25, 0.3) is 0 Å². The number of ether oxygens (including phenoxy) is 1. The molecule has 0 aromatic carbocycles. The third kappa shape index (κ3) is 3.43. The minimum Gasteiger partial charge on any atom is -0.461 e. The lowest BCUT2D eigenvalue weighted by molar-refractivity contribution is 0.0521. The predicted octanol–water partition coefficient (Wildman–Crippen LogP) is 2.56. The summed E-state index contributed by atoms with van der Waals surface area (Å²) in [6.07, 6.45) is 5.80. The number of nitrogens with two attached hydrogens (primary N) is 1. The van der Waals surface area contributed by atoms with E-state index in [1.807, 2.05) is 16.3 Å². The van der Waals surface area contributed by atoms with E-state index in [9.17, 15) is 4.79 Å². The maximum Gasteiger partial charge on any atom is 0.360 e. The molecule has 6 heteroatoms. The summed E-state index contributed by atoms with van der Waals surface area (Å²) in [6, 6.07) is 0. The summed E-state index contributed by atoms with van der Waals surface area (Å²) in [7, 11) is 0. The fraction of sp³-hybridized carbons (Fsp3) is 0.692. The number of carbonyl (C=O) groups excluding carboxylic acids is 1. The highest BCUT2D eigenvalue weighted by Gasteiger charge is 2.27. The van der Waals surface area contributed by atoms with Crippen LogP contribution in [0.1, 0.15) is 44.1 Å². The Hall–Kier alpha value is -1.17. The van der Waals surface area contributed by atoms with E-state index >= 15 is 0 Å². The zero-order valence-electron chi connectivity index (χ0n) is 12.1. The largest absolute Gasteiger partial charge is 0.461 e. The van der Waals surface area contributed by atoms with Crippen LogP contribution >= 0.6 is 11.8 Å². The number of thioether (sulfide) groups is 1. The van der Waals surface area contributed by atoms with E-state index < -0.39 is 5.97 Å². The van der Waals surface area contributed by atoms with Crippen LogP contribution in [0, 0.1) is 0 Å². The number of hydrogen-bond acceptors (Lipinski definition) is 5. The summed E-state index contributed by atoms with van der Waals surface area (Å²) in [5.41, 5.74) is 6.21. The van der Waals surface area contributed by atoms with Gasteiger partial charge in [-0.05, 0) is 26.0 Å². The van der Waals surface area contributed by atoms with Crippen molar-refractivity contribution >= 4 is 23.5 Å². The Labute approximate surface area is 118 Å². The molecule has 1 rings (SSSR count). The number of imidazole rings is 1. The second-order valence-electron chi connectivity index (χ2n) is 4.42. The Morgan fingerprint density at radius 2 is 2.11 bits per heavy atom. The van der Waals surface area contributed by atoms with Crippen molar-refractivity contribution in [3.63, 3.8) is 0 Å². The quantitative estimate of drug-likeness (QED) is 0.780. The molecule has 0 saturated heterocycles. The lowest BCUT2D eigenvalue weighted by Gasteiger charge is -2.30. The number of esters is 1. The van der Waals surface area contributed by atoms with Gasteiger partial charge in [0.2, 0.25) is 0 Å². The van der Waals surface area contributed by atoms with Crippen LogP contribution < -0.4 is 5.73 Å². The van der Waals surface area contributed by atoms with E-state index in [1.54, 1.807) is 13.3 Å². The number of hydrogen-bond donors (Lipinski definition) is 1. The van der Waals surface area contributed by atoms with E-state index in [1.165, 1.54) is 0 Å². The lowest BCUT2D eigenvalue weighted by atomic mass is 10.0. The molecular formula is C13H23N3O2S. The SMILES string of the molecule is CCOC(=O)c1ncn(CC(CC)(CC)SC)c1N. The Morgan fingerprint density at radius 1 is 1.47 bits per heavy atom. The maximum atomic E-state index is 11.7. The topological polar surface area (TPSA) is 70.1 Å². The Kier molecular flexibility index (Phi) is 5.72. The van der Waals surface area contributed by atoms with Crippen molar-refractivity contribution in [2.75, 3.05) is 18.6 Å². The van der Waals surface area contributed by atoms with Crippen LogP contribution in [-0.2, 0) is 11.3 Å². The van der Waals surface area contributed by atoms with Gasteiger partial charge >= 0.3 is 5.97 Å². The molecular weight excluding hydrogens is 262 g/mol. The van der Waals surface area contributed by atoms with Crippen molar-refractivity contribution in [2.45, 2.75) is 44.9 Å². The van der Waals surface area contributed by atoms with E-state index in [4.69, 9.17) is 10.5 Å². The van der Waals surface area contributed by atoms with E-state index in [0.29, 0.717) is 12.4 Å². The van der Waals surface area contributed by atoms with Gasteiger partial charge in [-0.25, -0.2) is 9.78 Å². The summed E-state index contributed by atoms with van der Waals surface area (Å²) < 4.78 is 6.90. The molecule has 0 amide bonds. The van der Waals surface area contributed by atoms with Gasteiger partial charge in [0.1, 0.15) is 5.82 Å². The second kappa shape index (κ2) is 6.84. The van der Waals surface area contributed by atoms with Crippen LogP contribution in [-0.4, -0.2) is 33.1 Å². The number of aromatic nitrogens is 2. The van der Waals surface area contributed by atoms with Crippen LogP contribution in [0.4, 0.5) is 5.82 Å². The molecule has 19 heavy (non-hydrogen) atoms. The third-order valence-electron chi connectivity index (χ3n) is 3.53. The average molecular weight is 285 g/mol. The fourth-order valence-electron chi connectivity index (χ4n) is 2.01. The number of nitrogens with zero attached hydrogens (tertiary/aromatic N) is 2. The molecule has 0 atom stereocenters. The van der Waals surface area contributed by atoms with Crippen molar-refractivity contribution in [1.29, 1.82) is 0 Å². The van der Waals surface area contributed by atoms with E-state index in [-0.39, 0.29) is 10.4 Å². The van der Waals surface area contributed by atoms with Gasteiger partial charge in [-0.3, -0.25) is 0 Å². The van der Waals surface area contributed by atoms with Crippen molar-refractivity contribution in [3.8, 4) is 0 Å².